The molecule has 2 aliphatic heterocycles. The molecule has 1 N–H and O–H groups in total. The van der Waals surface area contributed by atoms with Crippen LogP contribution in [0.5, 0.6) is 0 Å². The molecule has 186 valence electrons. The van der Waals surface area contributed by atoms with Crippen LogP contribution in [0.4, 0.5) is 18.9 Å². The smallest absolute Gasteiger partial charge is 0.381 e. The fourth-order valence-electron chi connectivity index (χ4n) is 4.88. The number of nitrogens with zero attached hydrogens (tertiary/aromatic N) is 2. The van der Waals surface area contributed by atoms with Gasteiger partial charge in [-0.2, -0.15) is 13.2 Å². The third-order valence-corrected chi connectivity index (χ3v) is 6.60. The lowest BCUT2D eigenvalue weighted by atomic mass is 10.0. The number of rotatable bonds is 4. The SMILES string of the molecule is CCC.O=C([C@H]1CCC(NC2CCOCC2)C1)N1CCN(c2cccc(C(F)(F)F)c2)CC1. The van der Waals surface area contributed by atoms with Crippen molar-refractivity contribution in [2.24, 2.45) is 5.92 Å². The highest BCUT2D eigenvalue weighted by Crippen LogP contribution is 2.32. The first-order valence-corrected chi connectivity index (χ1v) is 12.4. The van der Waals surface area contributed by atoms with Crippen molar-refractivity contribution in [2.75, 3.05) is 44.3 Å². The number of anilines is 1. The average molecular weight is 470 g/mol. The number of piperazine rings is 1. The maximum absolute atomic E-state index is 13.0. The molecule has 1 aliphatic carbocycles. The standard InChI is InChI=1S/C22H30F3N3O2.C3H8/c23-22(24,25)17-2-1-3-20(15-17)27-8-10-28(11-9-27)21(29)16-4-5-19(14-16)26-18-6-12-30-13-7-18;1-3-2/h1-3,15-16,18-19,26H,4-14H2;3H2,1-2H3/t16-,19?;/m0./s1. The van der Waals surface area contributed by atoms with Crippen molar-refractivity contribution in [1.82, 2.24) is 10.2 Å². The van der Waals surface area contributed by atoms with E-state index in [2.05, 4.69) is 19.2 Å². The number of benzene rings is 1. The molecule has 0 bridgehead atoms. The minimum absolute atomic E-state index is 0.0578. The van der Waals surface area contributed by atoms with Crippen LogP contribution in [0.2, 0.25) is 0 Å². The van der Waals surface area contributed by atoms with Gasteiger partial charge in [-0.25, -0.2) is 0 Å². The molecule has 1 amide bonds. The molecular formula is C25H38F3N3O2. The summed E-state index contributed by atoms with van der Waals surface area (Å²) in [5, 5.41) is 3.70. The second-order valence-corrected chi connectivity index (χ2v) is 9.33. The van der Waals surface area contributed by atoms with Crippen LogP contribution < -0.4 is 10.2 Å². The van der Waals surface area contributed by atoms with Gasteiger partial charge in [0.25, 0.3) is 0 Å². The molecule has 5 nitrogen and oxygen atoms in total. The van der Waals surface area contributed by atoms with Gasteiger partial charge in [0, 0.05) is 63.1 Å². The zero-order valence-corrected chi connectivity index (χ0v) is 19.9. The van der Waals surface area contributed by atoms with E-state index in [-0.39, 0.29) is 11.8 Å². The maximum atomic E-state index is 13.0. The Hall–Kier alpha value is -1.80. The Bertz CT molecular complexity index is 745. The quantitative estimate of drug-likeness (QED) is 0.694. The van der Waals surface area contributed by atoms with Crippen LogP contribution in [0.25, 0.3) is 0 Å². The highest BCUT2D eigenvalue weighted by Gasteiger charge is 2.35. The summed E-state index contributed by atoms with van der Waals surface area (Å²) in [6.45, 7) is 8.10. The largest absolute Gasteiger partial charge is 0.416 e. The minimum Gasteiger partial charge on any atom is -0.381 e. The second kappa shape index (κ2) is 12.1. The number of amides is 1. The molecule has 1 unspecified atom stereocenters. The van der Waals surface area contributed by atoms with Crippen molar-refractivity contribution in [1.29, 1.82) is 0 Å². The average Bonchev–Trinajstić information content (AvgIpc) is 3.28. The summed E-state index contributed by atoms with van der Waals surface area (Å²) >= 11 is 0. The number of hydrogen-bond donors (Lipinski definition) is 1. The van der Waals surface area contributed by atoms with Crippen LogP contribution in [0, 0.1) is 5.92 Å². The fraction of sp³-hybridized carbons (Fsp3) is 0.720. The van der Waals surface area contributed by atoms with E-state index in [1.807, 2.05) is 9.80 Å². The van der Waals surface area contributed by atoms with Crippen molar-refractivity contribution in [3.8, 4) is 0 Å². The van der Waals surface area contributed by atoms with Crippen molar-refractivity contribution in [3.05, 3.63) is 29.8 Å². The van der Waals surface area contributed by atoms with E-state index in [9.17, 15) is 18.0 Å². The minimum atomic E-state index is -4.34. The van der Waals surface area contributed by atoms with Gasteiger partial charge >= 0.3 is 6.18 Å². The van der Waals surface area contributed by atoms with Gasteiger partial charge in [-0.1, -0.05) is 26.3 Å². The van der Waals surface area contributed by atoms with Gasteiger partial charge in [0.15, 0.2) is 0 Å². The van der Waals surface area contributed by atoms with Crippen LogP contribution >= 0.6 is 0 Å². The number of carbonyl (C=O) groups is 1. The van der Waals surface area contributed by atoms with E-state index in [0.717, 1.165) is 51.4 Å². The topological polar surface area (TPSA) is 44.8 Å². The molecule has 0 radical (unpaired) electrons. The first kappa shape index (κ1) is 25.8. The van der Waals surface area contributed by atoms with Gasteiger partial charge in [-0.3, -0.25) is 4.79 Å². The molecule has 2 saturated heterocycles. The second-order valence-electron chi connectivity index (χ2n) is 9.33. The Morgan fingerprint density at radius 2 is 1.70 bits per heavy atom. The summed E-state index contributed by atoms with van der Waals surface area (Å²) in [6, 6.07) is 6.33. The lowest BCUT2D eigenvalue weighted by molar-refractivity contribution is -0.137. The molecule has 0 aromatic heterocycles. The number of nitrogens with one attached hydrogen (secondary N) is 1. The predicted molar refractivity (Wildman–Crippen MR) is 124 cm³/mol. The first-order chi connectivity index (χ1) is 15.8. The van der Waals surface area contributed by atoms with Crippen LogP contribution in [-0.4, -0.2) is 62.3 Å². The summed E-state index contributed by atoms with van der Waals surface area (Å²) < 4.78 is 44.3. The Morgan fingerprint density at radius 3 is 2.33 bits per heavy atom. The van der Waals surface area contributed by atoms with E-state index in [4.69, 9.17) is 4.74 Å². The Balaban J connectivity index is 0.000000968. The molecule has 4 rings (SSSR count). The maximum Gasteiger partial charge on any atom is 0.416 e. The van der Waals surface area contributed by atoms with Crippen molar-refractivity contribution < 1.29 is 22.7 Å². The van der Waals surface area contributed by atoms with Crippen LogP contribution in [0.3, 0.4) is 0 Å². The van der Waals surface area contributed by atoms with Gasteiger partial charge in [0.2, 0.25) is 5.91 Å². The number of carbonyl (C=O) groups excluding carboxylic acids is 1. The van der Waals surface area contributed by atoms with Crippen LogP contribution in [0.15, 0.2) is 24.3 Å². The van der Waals surface area contributed by atoms with Crippen LogP contribution in [0.1, 0.15) is 57.9 Å². The number of ether oxygens (including phenoxy) is 1. The molecule has 1 saturated carbocycles. The first-order valence-electron chi connectivity index (χ1n) is 12.4. The summed E-state index contributed by atoms with van der Waals surface area (Å²) in [5.41, 5.74) is -0.0638. The molecule has 3 aliphatic rings. The molecule has 8 heteroatoms. The predicted octanol–water partition coefficient (Wildman–Crippen LogP) is 4.71. The van der Waals surface area contributed by atoms with E-state index < -0.39 is 11.7 Å². The summed E-state index contributed by atoms with van der Waals surface area (Å²) in [6.07, 6.45) is 1.79. The number of hydrogen-bond acceptors (Lipinski definition) is 4. The molecule has 33 heavy (non-hydrogen) atoms. The molecule has 0 spiro atoms. The summed E-state index contributed by atoms with van der Waals surface area (Å²) in [4.78, 5) is 16.8. The Kier molecular flexibility index (Phi) is 9.44. The Morgan fingerprint density at radius 1 is 1.03 bits per heavy atom. The van der Waals surface area contributed by atoms with E-state index in [1.54, 1.807) is 6.07 Å². The highest BCUT2D eigenvalue weighted by atomic mass is 19.4. The van der Waals surface area contributed by atoms with Crippen molar-refractivity contribution in [2.45, 2.75) is 70.6 Å². The molecule has 3 fully saturated rings. The lowest BCUT2D eigenvalue weighted by Gasteiger charge is -2.37. The van der Waals surface area contributed by atoms with Gasteiger partial charge in [0.1, 0.15) is 0 Å². The fourth-order valence-corrected chi connectivity index (χ4v) is 4.88. The van der Waals surface area contributed by atoms with E-state index in [0.29, 0.717) is 44.0 Å². The van der Waals surface area contributed by atoms with Gasteiger partial charge in [-0.05, 0) is 50.3 Å². The zero-order chi connectivity index (χ0) is 23.8. The third-order valence-electron chi connectivity index (χ3n) is 6.60. The molecule has 2 atom stereocenters. The number of alkyl halides is 3. The van der Waals surface area contributed by atoms with Gasteiger partial charge in [0.05, 0.1) is 5.56 Å². The highest BCUT2D eigenvalue weighted by molar-refractivity contribution is 5.79. The van der Waals surface area contributed by atoms with E-state index in [1.165, 1.54) is 18.6 Å². The molecule has 1 aromatic carbocycles. The lowest BCUT2D eigenvalue weighted by Crippen LogP contribution is -2.50. The monoisotopic (exact) mass is 469 g/mol. The zero-order valence-electron chi connectivity index (χ0n) is 19.9. The summed E-state index contributed by atoms with van der Waals surface area (Å²) in [5.74, 6) is 0.261. The van der Waals surface area contributed by atoms with Crippen LogP contribution in [-0.2, 0) is 15.7 Å². The third kappa shape index (κ3) is 7.34. The summed E-state index contributed by atoms with van der Waals surface area (Å²) in [7, 11) is 0. The van der Waals surface area contributed by atoms with Gasteiger partial charge in [-0.15, -0.1) is 0 Å². The number of halogens is 3. The van der Waals surface area contributed by atoms with E-state index >= 15 is 0 Å². The van der Waals surface area contributed by atoms with Crippen molar-refractivity contribution in [3.63, 3.8) is 0 Å². The molecule has 2 heterocycles. The van der Waals surface area contributed by atoms with Gasteiger partial charge < -0.3 is 19.9 Å². The Labute approximate surface area is 195 Å². The molecule has 1 aromatic rings. The molecular weight excluding hydrogens is 431 g/mol. The normalized spacial score (nSPS) is 24.4. The van der Waals surface area contributed by atoms with Crippen molar-refractivity contribution >= 4 is 11.6 Å².